The molecule has 2 heterocycles. The molecule has 0 spiro atoms. The van der Waals surface area contributed by atoms with Crippen LogP contribution in [0.15, 0.2) is 42.5 Å². The Morgan fingerprint density at radius 2 is 2.19 bits per heavy atom. The molecule has 4 N–H and O–H groups in total. The summed E-state index contributed by atoms with van der Waals surface area (Å²) >= 11 is 1.65. The lowest BCUT2D eigenvalue weighted by molar-refractivity contribution is -0.119. The maximum atomic E-state index is 12.4. The number of nitrogens with two attached hydrogens (primary N) is 1. The van der Waals surface area contributed by atoms with Crippen LogP contribution in [0.5, 0.6) is 0 Å². The van der Waals surface area contributed by atoms with Gasteiger partial charge >= 0.3 is 0 Å². The lowest BCUT2D eigenvalue weighted by Crippen LogP contribution is -2.23. The van der Waals surface area contributed by atoms with Crippen molar-refractivity contribution >= 4 is 44.9 Å². The van der Waals surface area contributed by atoms with Gasteiger partial charge < -0.3 is 21.2 Å². The summed E-state index contributed by atoms with van der Waals surface area (Å²) in [5, 5.41) is 11.8. The first kappa shape index (κ1) is 16.8. The molecule has 1 aliphatic rings. The predicted octanol–water partition coefficient (Wildman–Crippen LogP) is 4.62. The highest BCUT2D eigenvalue weighted by molar-refractivity contribution is 7.22. The number of hydrogen-bond donors (Lipinski definition) is 3. The summed E-state index contributed by atoms with van der Waals surface area (Å²) in [6.45, 7) is 1.08. The van der Waals surface area contributed by atoms with Gasteiger partial charge in [0.25, 0.3) is 0 Å². The second-order valence-electron chi connectivity index (χ2n) is 6.37. The summed E-state index contributed by atoms with van der Waals surface area (Å²) in [5.41, 5.74) is 8.93. The van der Waals surface area contributed by atoms with Gasteiger partial charge in [0, 0.05) is 47.8 Å². The van der Waals surface area contributed by atoms with Crippen LogP contribution in [0.1, 0.15) is 14.8 Å². The second kappa shape index (κ2) is 6.90. The summed E-state index contributed by atoms with van der Waals surface area (Å²) in [7, 11) is 0. The zero-order chi connectivity index (χ0) is 18.1. The Morgan fingerprint density at radius 1 is 1.35 bits per heavy atom. The van der Waals surface area contributed by atoms with Crippen molar-refractivity contribution < 1.29 is 12.4 Å². The first-order chi connectivity index (χ1) is 12.7. The Morgan fingerprint density at radius 3 is 2.92 bits per heavy atom. The summed E-state index contributed by atoms with van der Waals surface area (Å²) in [6.07, 6.45) is 1.96. The molecule has 1 aromatic heterocycles. The zero-order valence-corrected chi connectivity index (χ0v) is 14.9. The smallest absolute Gasteiger partial charge is 0.229 e. The van der Waals surface area contributed by atoms with Crippen LogP contribution in [0.25, 0.3) is 20.5 Å². The maximum Gasteiger partial charge on any atom is 0.229 e. The van der Waals surface area contributed by atoms with E-state index in [0.717, 1.165) is 22.2 Å². The topological polar surface area (TPSA) is 88.2 Å². The van der Waals surface area contributed by atoms with E-state index in [2.05, 4.69) is 23.5 Å². The third-order valence-corrected chi connectivity index (χ3v) is 5.78. The van der Waals surface area contributed by atoms with Gasteiger partial charge in [-0.15, -0.1) is 11.3 Å². The molecule has 1 aliphatic heterocycles. The third kappa shape index (κ3) is 3.09. The number of benzene rings is 2. The summed E-state index contributed by atoms with van der Waals surface area (Å²) in [5.74, 6) is -0.172. The number of carbonyl (C=O) groups is 1. The van der Waals surface area contributed by atoms with Gasteiger partial charge in [0.05, 0.1) is 12.5 Å². The molecule has 26 heavy (non-hydrogen) atoms. The van der Waals surface area contributed by atoms with E-state index in [1.165, 1.54) is 10.9 Å². The number of amides is 1. The van der Waals surface area contributed by atoms with Gasteiger partial charge in [0.15, 0.2) is 0 Å². The molecule has 3 aromatic rings. The normalized spacial score (nSPS) is 16.7. The predicted molar refractivity (Wildman–Crippen MR) is 111 cm³/mol. The number of fused-ring (bicyclic) bond motifs is 1. The van der Waals surface area contributed by atoms with E-state index in [-0.39, 0.29) is 14.7 Å². The highest BCUT2D eigenvalue weighted by atomic mass is 32.1. The molecule has 2 aromatic carbocycles. The van der Waals surface area contributed by atoms with Gasteiger partial charge in [0.1, 0.15) is 0 Å². The molecule has 1 fully saturated rings. The van der Waals surface area contributed by atoms with E-state index in [1.54, 1.807) is 17.4 Å². The number of thiophene rings is 1. The maximum absolute atomic E-state index is 12.4. The average Bonchev–Trinajstić information content (AvgIpc) is 3.32. The van der Waals surface area contributed by atoms with Crippen LogP contribution in [0.2, 0.25) is 0 Å². The number of nitrogens with one attached hydrogen (secondary N) is 2. The monoisotopic (exact) mass is 369 g/mol. The molecule has 1 saturated heterocycles. The quantitative estimate of drug-likeness (QED) is 0.463. The Hall–Kier alpha value is -2.70. The van der Waals surface area contributed by atoms with Crippen LogP contribution in [0.3, 0.4) is 0 Å². The van der Waals surface area contributed by atoms with Crippen molar-refractivity contribution in [3.63, 3.8) is 0 Å². The number of carbonyl (C=O) groups excluding carboxylic acids is 1. The number of nitrogen functional groups attached to an aromatic ring is 1. The largest absolute Gasteiger partial charge is 0.398 e. The molecule has 0 saturated carbocycles. The minimum Gasteiger partial charge on any atom is -0.398 e. The lowest BCUT2D eigenvalue weighted by atomic mass is 10.0. The van der Waals surface area contributed by atoms with E-state index < -0.39 is 0 Å². The van der Waals surface area contributed by atoms with E-state index >= 15 is 0 Å². The van der Waals surface area contributed by atoms with Crippen molar-refractivity contribution in [1.82, 2.24) is 0 Å². The Kier molecular flexibility index (Phi) is 4.44. The molecule has 1 amide bonds. The fraction of sp³-hybridized carbons (Fsp3) is 0.200. The summed E-state index contributed by atoms with van der Waals surface area (Å²) in [4.78, 5) is 13.4. The van der Waals surface area contributed by atoms with Crippen LogP contribution in [-0.2, 0) is 9.53 Å². The van der Waals surface area contributed by atoms with Gasteiger partial charge in [-0.1, -0.05) is 18.2 Å². The minimum atomic E-state index is -0.122. The molecule has 5 nitrogen and oxygen atoms in total. The minimum absolute atomic E-state index is 0. The first-order valence-corrected chi connectivity index (χ1v) is 9.29. The van der Waals surface area contributed by atoms with E-state index in [0.29, 0.717) is 30.2 Å². The Balaban J connectivity index is 0.00000140. The number of ether oxygens (including phenoxy) is 1. The summed E-state index contributed by atoms with van der Waals surface area (Å²) < 4.78 is 6.47. The van der Waals surface area contributed by atoms with Gasteiger partial charge in [-0.05, 0) is 36.1 Å². The number of rotatable bonds is 4. The van der Waals surface area contributed by atoms with Gasteiger partial charge in [-0.2, -0.15) is 0 Å². The van der Waals surface area contributed by atoms with Crippen LogP contribution < -0.4 is 11.1 Å². The molecule has 6 heteroatoms. The van der Waals surface area contributed by atoms with E-state index in [1.807, 2.05) is 18.2 Å². The fourth-order valence-electron chi connectivity index (χ4n) is 3.17. The molecule has 4 rings (SSSR count). The van der Waals surface area contributed by atoms with Crippen molar-refractivity contribution in [3.05, 3.63) is 48.0 Å². The van der Waals surface area contributed by atoms with Gasteiger partial charge in [-0.25, -0.2) is 0 Å². The Bertz CT molecular complexity index is 967. The molecule has 136 valence electrons. The van der Waals surface area contributed by atoms with Crippen molar-refractivity contribution in [1.29, 1.82) is 5.41 Å². The SMILES string of the molecule is N=Cc1cc(NC(=O)C2CCOC2)cc(-c2cc3ccccc3s2)c1N.[HH].[HH]. The Labute approximate surface area is 158 Å². The van der Waals surface area contributed by atoms with Crippen molar-refractivity contribution in [3.8, 4) is 10.4 Å². The lowest BCUT2D eigenvalue weighted by Gasteiger charge is -2.14. The number of hydrogen-bond acceptors (Lipinski definition) is 5. The van der Waals surface area contributed by atoms with Crippen LogP contribution >= 0.6 is 11.3 Å². The van der Waals surface area contributed by atoms with E-state index in [4.69, 9.17) is 15.9 Å². The second-order valence-corrected chi connectivity index (χ2v) is 7.45. The van der Waals surface area contributed by atoms with Gasteiger partial charge in [-0.3, -0.25) is 4.79 Å². The average molecular weight is 369 g/mol. The molecule has 0 radical (unpaired) electrons. The molecular weight excluding hydrogens is 346 g/mol. The first-order valence-electron chi connectivity index (χ1n) is 8.47. The molecule has 0 bridgehead atoms. The highest BCUT2D eigenvalue weighted by Crippen LogP contribution is 2.39. The van der Waals surface area contributed by atoms with Crippen molar-refractivity contribution in [2.24, 2.45) is 5.92 Å². The summed E-state index contributed by atoms with van der Waals surface area (Å²) in [6, 6.07) is 13.9. The fourth-order valence-corrected chi connectivity index (χ4v) is 4.26. The molecule has 0 aliphatic carbocycles. The van der Waals surface area contributed by atoms with Crippen LogP contribution in [-0.4, -0.2) is 25.3 Å². The molecule has 1 unspecified atom stereocenters. The zero-order valence-electron chi connectivity index (χ0n) is 14.1. The van der Waals surface area contributed by atoms with E-state index in [9.17, 15) is 4.79 Å². The number of anilines is 2. The van der Waals surface area contributed by atoms with Crippen molar-refractivity contribution in [2.75, 3.05) is 24.3 Å². The van der Waals surface area contributed by atoms with Crippen molar-refractivity contribution in [2.45, 2.75) is 6.42 Å². The molecular formula is C20H23N3O2S. The molecule has 1 atom stereocenters. The standard InChI is InChI=1S/C20H19N3O2S.2H2/c21-10-14-7-15(23-20(24)13-5-6-25-11-13)9-16(19(14)22)18-8-12-3-1-2-4-17(12)26-18;;/h1-4,7-10,13,21H,5-6,11,22H2,(H,23,24);2*1H. The van der Waals surface area contributed by atoms with Crippen LogP contribution in [0.4, 0.5) is 11.4 Å². The van der Waals surface area contributed by atoms with Crippen LogP contribution in [0, 0.1) is 11.3 Å². The van der Waals surface area contributed by atoms with Gasteiger partial charge in [0.2, 0.25) is 5.91 Å². The third-order valence-electron chi connectivity index (χ3n) is 4.63. The highest BCUT2D eigenvalue weighted by Gasteiger charge is 2.24.